The van der Waals surface area contributed by atoms with E-state index in [1.54, 1.807) is 0 Å². The van der Waals surface area contributed by atoms with E-state index in [9.17, 15) is 19.5 Å². The molecule has 2 amide bonds. The van der Waals surface area contributed by atoms with Gasteiger partial charge in [0.05, 0.1) is 12.0 Å². The van der Waals surface area contributed by atoms with E-state index < -0.39 is 36.0 Å². The van der Waals surface area contributed by atoms with Crippen LogP contribution in [0.5, 0.6) is 0 Å². The van der Waals surface area contributed by atoms with Crippen LogP contribution >= 0.6 is 0 Å². The second-order valence-electron chi connectivity index (χ2n) is 8.78. The lowest BCUT2D eigenvalue weighted by Gasteiger charge is -2.31. The van der Waals surface area contributed by atoms with Gasteiger partial charge in [0.25, 0.3) is 0 Å². The molecule has 1 aliphatic carbocycles. The fourth-order valence-corrected chi connectivity index (χ4v) is 4.14. The number of fused-ring (bicyclic) bond motifs is 3. The molecule has 8 nitrogen and oxygen atoms in total. The molecule has 2 aromatic rings. The molecule has 0 heterocycles. The van der Waals surface area contributed by atoms with Crippen molar-refractivity contribution in [1.82, 2.24) is 10.2 Å². The number of amides is 2. The number of methoxy groups -OCH3 is 1. The number of hydrogen-bond acceptors (Lipinski definition) is 5. The van der Waals surface area contributed by atoms with Gasteiger partial charge in [0.2, 0.25) is 5.91 Å². The molecule has 0 saturated carbocycles. The molecule has 2 aromatic carbocycles. The zero-order chi connectivity index (χ0) is 24.2. The normalized spacial score (nSPS) is 13.6. The summed E-state index contributed by atoms with van der Waals surface area (Å²) in [6, 6.07) is 14.6. The molecule has 1 atom stereocenters. The summed E-state index contributed by atoms with van der Waals surface area (Å²) in [5.41, 5.74) is 3.70. The Hall–Kier alpha value is -3.39. The highest BCUT2D eigenvalue weighted by atomic mass is 16.5. The first-order valence-electron chi connectivity index (χ1n) is 10.8. The Kier molecular flexibility index (Phi) is 7.38. The summed E-state index contributed by atoms with van der Waals surface area (Å²) in [7, 11) is 3.07. The van der Waals surface area contributed by atoms with Gasteiger partial charge in [0.15, 0.2) is 0 Å². The topological polar surface area (TPSA) is 105 Å². The minimum Gasteiger partial charge on any atom is -0.481 e. The van der Waals surface area contributed by atoms with Gasteiger partial charge in [-0.1, -0.05) is 48.5 Å². The van der Waals surface area contributed by atoms with Crippen LogP contribution < -0.4 is 5.32 Å². The molecule has 0 fully saturated rings. The number of carboxylic acid groups (broad SMARTS) is 1. The average molecular weight is 455 g/mol. The SMILES string of the molecule is COC(C)(C)CN(C)C(=O)C(CC(=O)O)NC(=O)OCC1c2ccccc2-c2ccccc21. The number of benzene rings is 2. The number of nitrogens with zero attached hydrogens (tertiary/aromatic N) is 1. The molecule has 8 heteroatoms. The van der Waals surface area contributed by atoms with Crippen LogP contribution in [0.2, 0.25) is 0 Å². The monoisotopic (exact) mass is 454 g/mol. The van der Waals surface area contributed by atoms with Crippen molar-refractivity contribution in [3.05, 3.63) is 59.7 Å². The van der Waals surface area contributed by atoms with Crippen LogP contribution in [0.15, 0.2) is 48.5 Å². The van der Waals surface area contributed by atoms with Crippen molar-refractivity contribution in [2.24, 2.45) is 0 Å². The molecule has 0 saturated heterocycles. The molecule has 0 spiro atoms. The predicted octanol–water partition coefficient (Wildman–Crippen LogP) is 3.25. The van der Waals surface area contributed by atoms with E-state index in [-0.39, 0.29) is 19.1 Å². The van der Waals surface area contributed by atoms with E-state index in [0.29, 0.717) is 0 Å². The molecule has 0 aromatic heterocycles. The second-order valence-corrected chi connectivity index (χ2v) is 8.78. The summed E-state index contributed by atoms with van der Waals surface area (Å²) >= 11 is 0. The predicted molar refractivity (Wildman–Crippen MR) is 123 cm³/mol. The fourth-order valence-electron chi connectivity index (χ4n) is 4.14. The van der Waals surface area contributed by atoms with E-state index in [1.165, 1.54) is 19.1 Å². The number of likely N-dealkylation sites (N-methyl/N-ethyl adjacent to an activating group) is 1. The summed E-state index contributed by atoms with van der Waals surface area (Å²) in [4.78, 5) is 38.1. The Morgan fingerprint density at radius 3 is 2.12 bits per heavy atom. The highest BCUT2D eigenvalue weighted by Crippen LogP contribution is 2.44. The Bertz CT molecular complexity index is 990. The third-order valence-electron chi connectivity index (χ3n) is 5.86. The number of ether oxygens (including phenoxy) is 2. The molecule has 33 heavy (non-hydrogen) atoms. The van der Waals surface area contributed by atoms with E-state index in [2.05, 4.69) is 5.32 Å². The maximum Gasteiger partial charge on any atom is 0.407 e. The Morgan fingerprint density at radius 1 is 1.06 bits per heavy atom. The van der Waals surface area contributed by atoms with Crippen LogP contribution in [-0.2, 0) is 19.1 Å². The maximum absolute atomic E-state index is 12.8. The standard InChI is InChI=1S/C25H30N2O6/c1-25(2,32-4)15-27(3)23(30)21(13-22(28)29)26-24(31)33-14-20-18-11-7-5-9-16(18)17-10-6-8-12-19(17)20/h5-12,20-21H,13-15H2,1-4H3,(H,26,31)(H,28,29). The van der Waals surface area contributed by atoms with Crippen LogP contribution in [0.1, 0.15) is 37.3 Å². The number of carbonyl (C=O) groups excluding carboxylic acids is 2. The highest BCUT2D eigenvalue weighted by Gasteiger charge is 2.32. The molecule has 0 aliphatic heterocycles. The quantitative estimate of drug-likeness (QED) is 0.603. The smallest absolute Gasteiger partial charge is 0.407 e. The average Bonchev–Trinajstić information content (AvgIpc) is 3.10. The third kappa shape index (κ3) is 5.70. The Morgan fingerprint density at radius 2 is 1.61 bits per heavy atom. The molecule has 1 unspecified atom stereocenters. The summed E-state index contributed by atoms with van der Waals surface area (Å²) in [5.74, 6) is -1.87. The molecule has 2 N–H and O–H groups in total. The van der Waals surface area contributed by atoms with Crippen molar-refractivity contribution in [3.8, 4) is 11.1 Å². The lowest BCUT2D eigenvalue weighted by atomic mass is 9.98. The highest BCUT2D eigenvalue weighted by molar-refractivity contribution is 5.89. The van der Waals surface area contributed by atoms with E-state index >= 15 is 0 Å². The first-order valence-corrected chi connectivity index (χ1v) is 10.8. The molecule has 1 aliphatic rings. The molecular formula is C25H30N2O6. The lowest BCUT2D eigenvalue weighted by Crippen LogP contribution is -2.51. The summed E-state index contributed by atoms with van der Waals surface area (Å²) < 4.78 is 10.8. The van der Waals surface area contributed by atoms with Gasteiger partial charge in [-0.05, 0) is 36.1 Å². The van der Waals surface area contributed by atoms with Crippen molar-refractivity contribution in [3.63, 3.8) is 0 Å². The van der Waals surface area contributed by atoms with Gasteiger partial charge < -0.3 is 24.8 Å². The van der Waals surface area contributed by atoms with Gasteiger partial charge in [0.1, 0.15) is 12.6 Å². The number of aliphatic carboxylic acids is 1. The maximum atomic E-state index is 12.8. The van der Waals surface area contributed by atoms with E-state index in [1.807, 2.05) is 62.4 Å². The number of alkyl carbamates (subject to hydrolysis) is 1. The van der Waals surface area contributed by atoms with Crippen LogP contribution in [-0.4, -0.2) is 66.9 Å². The number of rotatable bonds is 9. The van der Waals surface area contributed by atoms with Crippen molar-refractivity contribution < 1.29 is 29.0 Å². The van der Waals surface area contributed by atoms with Crippen LogP contribution in [0.25, 0.3) is 11.1 Å². The van der Waals surface area contributed by atoms with Crippen LogP contribution in [0, 0.1) is 0 Å². The number of nitrogens with one attached hydrogen (secondary N) is 1. The number of hydrogen-bond donors (Lipinski definition) is 2. The van der Waals surface area contributed by atoms with Crippen molar-refractivity contribution in [2.75, 3.05) is 27.3 Å². The summed E-state index contributed by atoms with van der Waals surface area (Å²) in [6.45, 7) is 3.91. The van der Waals surface area contributed by atoms with Crippen molar-refractivity contribution in [2.45, 2.75) is 37.8 Å². The Labute approximate surface area is 193 Å². The first-order chi connectivity index (χ1) is 15.6. The number of carboxylic acids is 1. The molecule has 0 radical (unpaired) electrons. The molecule has 176 valence electrons. The zero-order valence-electron chi connectivity index (χ0n) is 19.3. The van der Waals surface area contributed by atoms with Gasteiger partial charge in [-0.3, -0.25) is 9.59 Å². The minimum atomic E-state index is -1.25. The van der Waals surface area contributed by atoms with Crippen molar-refractivity contribution in [1.29, 1.82) is 0 Å². The van der Waals surface area contributed by atoms with Gasteiger partial charge in [-0.15, -0.1) is 0 Å². The minimum absolute atomic E-state index is 0.0698. The molecule has 0 bridgehead atoms. The van der Waals surface area contributed by atoms with E-state index in [4.69, 9.17) is 9.47 Å². The van der Waals surface area contributed by atoms with Gasteiger partial charge in [0, 0.05) is 26.6 Å². The fraction of sp³-hybridized carbons (Fsp3) is 0.400. The molecular weight excluding hydrogens is 424 g/mol. The van der Waals surface area contributed by atoms with Crippen LogP contribution in [0.3, 0.4) is 0 Å². The van der Waals surface area contributed by atoms with E-state index in [0.717, 1.165) is 22.3 Å². The van der Waals surface area contributed by atoms with Crippen LogP contribution in [0.4, 0.5) is 4.79 Å². The summed E-state index contributed by atoms with van der Waals surface area (Å²) in [5, 5.41) is 11.7. The third-order valence-corrected chi connectivity index (χ3v) is 5.86. The first kappa shape index (κ1) is 24.3. The van der Waals surface area contributed by atoms with Gasteiger partial charge >= 0.3 is 12.1 Å². The molecule has 3 rings (SSSR count). The van der Waals surface area contributed by atoms with Crippen molar-refractivity contribution >= 4 is 18.0 Å². The van der Waals surface area contributed by atoms with Gasteiger partial charge in [-0.25, -0.2) is 4.79 Å². The van der Waals surface area contributed by atoms with Gasteiger partial charge in [-0.2, -0.15) is 0 Å². The largest absolute Gasteiger partial charge is 0.481 e. The Balaban J connectivity index is 1.68. The lowest BCUT2D eigenvalue weighted by molar-refractivity contribution is -0.143. The second kappa shape index (κ2) is 10.0. The summed E-state index contributed by atoms with van der Waals surface area (Å²) in [6.07, 6.45) is -1.39. The number of carbonyl (C=O) groups is 3. The zero-order valence-corrected chi connectivity index (χ0v) is 19.3.